The maximum absolute atomic E-state index is 12.4. The van der Waals surface area contributed by atoms with E-state index in [4.69, 9.17) is 4.74 Å². The van der Waals surface area contributed by atoms with Gasteiger partial charge in [0.25, 0.3) is 0 Å². The molecule has 0 aromatic heterocycles. The summed E-state index contributed by atoms with van der Waals surface area (Å²) in [6, 6.07) is 16.2. The lowest BCUT2D eigenvalue weighted by Gasteiger charge is -2.21. The van der Waals surface area contributed by atoms with Crippen LogP contribution < -0.4 is 15.2 Å². The van der Waals surface area contributed by atoms with Gasteiger partial charge in [0.1, 0.15) is 5.75 Å². The van der Waals surface area contributed by atoms with Crippen molar-refractivity contribution in [1.82, 2.24) is 5.32 Å². The summed E-state index contributed by atoms with van der Waals surface area (Å²) in [6.45, 7) is 4.41. The van der Waals surface area contributed by atoms with Crippen molar-refractivity contribution >= 4 is 11.9 Å². The molecule has 0 radical (unpaired) electrons. The van der Waals surface area contributed by atoms with Crippen molar-refractivity contribution in [3.8, 4) is 5.75 Å². The molecular weight excluding hydrogens is 330 g/mol. The average molecular weight is 354 g/mol. The predicted molar refractivity (Wildman–Crippen MR) is 97.6 cm³/mol. The number of ether oxygens (including phenoxy) is 1. The summed E-state index contributed by atoms with van der Waals surface area (Å²) in [5, 5.41) is 13.9. The van der Waals surface area contributed by atoms with E-state index in [-0.39, 0.29) is 24.7 Å². The summed E-state index contributed by atoms with van der Waals surface area (Å²) >= 11 is 0. The summed E-state index contributed by atoms with van der Waals surface area (Å²) in [6.07, 6.45) is 0.00400. The van der Waals surface area contributed by atoms with E-state index >= 15 is 0 Å². The number of amides is 1. The Morgan fingerprint density at radius 1 is 1.00 bits per heavy atom. The van der Waals surface area contributed by atoms with Crippen LogP contribution in [0.15, 0.2) is 54.6 Å². The maximum atomic E-state index is 12.4. The Kier molecular flexibility index (Phi) is 7.21. The molecule has 0 unspecified atom stereocenters. The molecule has 0 bridgehead atoms. The van der Waals surface area contributed by atoms with Crippen molar-refractivity contribution in [3.63, 3.8) is 0 Å². The lowest BCUT2D eigenvalue weighted by Crippen LogP contribution is -2.34. The topological polar surface area (TPSA) is 78.5 Å². The molecule has 1 N–H and O–H groups in total. The Morgan fingerprint density at radius 2 is 1.65 bits per heavy atom. The molecule has 0 aliphatic heterocycles. The van der Waals surface area contributed by atoms with Gasteiger partial charge >= 0.3 is 0 Å². The molecule has 0 aliphatic rings. The number of hydrogen-bond donors (Lipinski definition) is 1. The molecule has 0 saturated heterocycles. The average Bonchev–Trinajstić information content (AvgIpc) is 2.62. The van der Waals surface area contributed by atoms with Gasteiger partial charge in [-0.3, -0.25) is 4.79 Å². The number of hydrogen-bond acceptors (Lipinski definition) is 4. The molecule has 1 amide bonds. The van der Waals surface area contributed by atoms with E-state index in [1.807, 2.05) is 44.2 Å². The highest BCUT2D eigenvalue weighted by Crippen LogP contribution is 2.22. The van der Waals surface area contributed by atoms with Gasteiger partial charge in [0.2, 0.25) is 5.91 Å². The molecule has 2 rings (SSSR count). The van der Waals surface area contributed by atoms with E-state index in [2.05, 4.69) is 5.32 Å². The van der Waals surface area contributed by atoms with Gasteiger partial charge in [-0.1, -0.05) is 49.4 Å². The third-order valence-corrected chi connectivity index (χ3v) is 4.16. The third kappa shape index (κ3) is 5.92. The Bertz CT molecular complexity index is 713. The van der Waals surface area contributed by atoms with E-state index < -0.39 is 12.0 Å². The Morgan fingerprint density at radius 3 is 2.23 bits per heavy atom. The Labute approximate surface area is 154 Å². The van der Waals surface area contributed by atoms with Gasteiger partial charge in [-0.2, -0.15) is 0 Å². The van der Waals surface area contributed by atoms with Crippen molar-refractivity contribution in [3.05, 3.63) is 65.7 Å². The van der Waals surface area contributed by atoms with Crippen LogP contribution in [0.5, 0.6) is 5.75 Å². The van der Waals surface area contributed by atoms with E-state index in [0.29, 0.717) is 17.9 Å². The molecule has 0 spiro atoms. The van der Waals surface area contributed by atoms with E-state index in [1.165, 1.54) is 0 Å². The second-order valence-corrected chi connectivity index (χ2v) is 6.21. The fraction of sp³-hybridized carbons (Fsp3) is 0.333. The summed E-state index contributed by atoms with van der Waals surface area (Å²) in [5.41, 5.74) is 1.78. The number of rotatable bonds is 9. The number of benzene rings is 2. The molecule has 2 atom stereocenters. The minimum absolute atomic E-state index is 0.0418. The van der Waals surface area contributed by atoms with Gasteiger partial charge in [-0.15, -0.1) is 0 Å². The van der Waals surface area contributed by atoms with Gasteiger partial charge in [0.05, 0.1) is 12.6 Å². The summed E-state index contributed by atoms with van der Waals surface area (Å²) in [5.74, 6) is -0.658. The molecule has 0 saturated carbocycles. The molecule has 0 heterocycles. The zero-order chi connectivity index (χ0) is 18.9. The first-order valence-corrected chi connectivity index (χ1v) is 8.76. The third-order valence-electron chi connectivity index (χ3n) is 4.16. The van der Waals surface area contributed by atoms with Crippen molar-refractivity contribution in [2.45, 2.75) is 38.6 Å². The quantitative estimate of drug-likeness (QED) is 0.751. The number of aliphatic carboxylic acids is 1. The zero-order valence-electron chi connectivity index (χ0n) is 15.1. The smallest absolute Gasteiger partial charge is 0.221 e. The van der Waals surface area contributed by atoms with Crippen LogP contribution in [0.4, 0.5) is 0 Å². The molecule has 138 valence electrons. The molecular formula is C21H24NO4-. The summed E-state index contributed by atoms with van der Waals surface area (Å²) in [4.78, 5) is 23.5. The monoisotopic (exact) mass is 354 g/mol. The van der Waals surface area contributed by atoms with Crippen LogP contribution >= 0.6 is 0 Å². The minimum atomic E-state index is -1.21. The first-order chi connectivity index (χ1) is 12.5. The first kappa shape index (κ1) is 19.5. The number of nitrogens with one attached hydrogen (secondary N) is 1. The van der Waals surface area contributed by atoms with Crippen LogP contribution in [0.1, 0.15) is 49.8 Å². The van der Waals surface area contributed by atoms with Crippen molar-refractivity contribution in [2.24, 2.45) is 0 Å². The van der Waals surface area contributed by atoms with E-state index in [9.17, 15) is 14.7 Å². The molecule has 0 fully saturated rings. The normalized spacial score (nSPS) is 12.8. The van der Waals surface area contributed by atoms with Crippen LogP contribution in [0.2, 0.25) is 0 Å². The SMILES string of the molecule is CCOc1ccc([C@H](CC(=O)[O-])NC(=O)C[C@H](C)c2ccccc2)cc1. The van der Waals surface area contributed by atoms with Gasteiger partial charge in [0.15, 0.2) is 0 Å². The predicted octanol–water partition coefficient (Wildman–Crippen LogP) is 2.58. The fourth-order valence-electron chi connectivity index (χ4n) is 2.81. The van der Waals surface area contributed by atoms with Crippen molar-refractivity contribution in [2.75, 3.05) is 6.61 Å². The molecule has 5 heteroatoms. The molecule has 0 aliphatic carbocycles. The van der Waals surface area contributed by atoms with Gasteiger partial charge in [0, 0.05) is 18.8 Å². The lowest BCUT2D eigenvalue weighted by molar-refractivity contribution is -0.306. The number of carboxylic acids is 1. The number of carbonyl (C=O) groups is 2. The molecule has 2 aromatic carbocycles. The Balaban J connectivity index is 2.04. The Hall–Kier alpha value is -2.82. The highest BCUT2D eigenvalue weighted by Gasteiger charge is 2.17. The van der Waals surface area contributed by atoms with Crippen LogP contribution in [0.3, 0.4) is 0 Å². The highest BCUT2D eigenvalue weighted by molar-refractivity contribution is 5.78. The summed E-state index contributed by atoms with van der Waals surface area (Å²) < 4.78 is 5.39. The molecule has 2 aromatic rings. The largest absolute Gasteiger partial charge is 0.550 e. The van der Waals surface area contributed by atoms with Gasteiger partial charge < -0.3 is 20.0 Å². The van der Waals surface area contributed by atoms with Crippen molar-refractivity contribution < 1.29 is 19.4 Å². The van der Waals surface area contributed by atoms with Crippen LogP contribution in [0.25, 0.3) is 0 Å². The minimum Gasteiger partial charge on any atom is -0.550 e. The summed E-state index contributed by atoms with van der Waals surface area (Å²) in [7, 11) is 0. The zero-order valence-corrected chi connectivity index (χ0v) is 15.1. The maximum Gasteiger partial charge on any atom is 0.221 e. The lowest BCUT2D eigenvalue weighted by atomic mass is 9.97. The highest BCUT2D eigenvalue weighted by atomic mass is 16.5. The number of carboxylic acid groups (broad SMARTS) is 1. The second-order valence-electron chi connectivity index (χ2n) is 6.21. The van der Waals surface area contributed by atoms with Gasteiger partial charge in [-0.05, 0) is 36.1 Å². The van der Waals surface area contributed by atoms with E-state index in [1.54, 1.807) is 24.3 Å². The fourth-order valence-corrected chi connectivity index (χ4v) is 2.81. The first-order valence-electron chi connectivity index (χ1n) is 8.76. The van der Waals surface area contributed by atoms with Crippen LogP contribution in [-0.4, -0.2) is 18.5 Å². The number of carbonyl (C=O) groups excluding carboxylic acids is 2. The standard InChI is InChI=1S/C21H25NO4/c1-3-26-18-11-9-17(10-12-18)19(14-21(24)25)22-20(23)13-15(2)16-7-5-4-6-8-16/h4-12,15,19H,3,13-14H2,1-2H3,(H,22,23)(H,24,25)/p-1/t15-,19-/m0/s1. The van der Waals surface area contributed by atoms with Crippen LogP contribution in [-0.2, 0) is 9.59 Å². The van der Waals surface area contributed by atoms with E-state index in [0.717, 1.165) is 5.56 Å². The molecule has 5 nitrogen and oxygen atoms in total. The second kappa shape index (κ2) is 9.61. The van der Waals surface area contributed by atoms with Crippen molar-refractivity contribution in [1.29, 1.82) is 0 Å². The van der Waals surface area contributed by atoms with Crippen LogP contribution in [0, 0.1) is 0 Å². The van der Waals surface area contributed by atoms with Gasteiger partial charge in [-0.25, -0.2) is 0 Å². The molecule has 26 heavy (non-hydrogen) atoms.